The molecule has 3 N–H and O–H groups in total. The SMILES string of the molecule is N=S(=O)(CF)c1ccc(C(O)[C@@H](CF)NC(=O)C(F)F)cc1. The van der Waals surface area contributed by atoms with Crippen LogP contribution < -0.4 is 5.32 Å². The number of hydrogen-bond acceptors (Lipinski definition) is 4. The van der Waals surface area contributed by atoms with Gasteiger partial charge in [-0.25, -0.2) is 17.8 Å². The molecular formula is C12H14F4N2O3S. The van der Waals surface area contributed by atoms with Crippen molar-refractivity contribution in [2.45, 2.75) is 23.5 Å². The topological polar surface area (TPSA) is 90.2 Å². The van der Waals surface area contributed by atoms with E-state index in [9.17, 15) is 31.7 Å². The van der Waals surface area contributed by atoms with Crippen molar-refractivity contribution in [3.63, 3.8) is 0 Å². The Morgan fingerprint density at radius 3 is 2.23 bits per heavy atom. The van der Waals surface area contributed by atoms with Crippen molar-refractivity contribution >= 4 is 15.6 Å². The fraction of sp³-hybridized carbons (Fsp3) is 0.417. The lowest BCUT2D eigenvalue weighted by atomic mass is 10.0. The van der Waals surface area contributed by atoms with E-state index in [0.717, 1.165) is 24.3 Å². The molecule has 0 saturated carbocycles. The summed E-state index contributed by atoms with van der Waals surface area (Å²) in [6.07, 6.45) is -4.98. The van der Waals surface area contributed by atoms with Crippen molar-refractivity contribution < 1.29 is 31.7 Å². The highest BCUT2D eigenvalue weighted by Crippen LogP contribution is 2.21. The molecule has 2 unspecified atom stereocenters. The number of amides is 1. The summed E-state index contributed by atoms with van der Waals surface area (Å²) in [7, 11) is -3.59. The molecule has 3 atom stereocenters. The summed E-state index contributed by atoms with van der Waals surface area (Å²) in [4.78, 5) is 10.7. The molecule has 0 fully saturated rings. The average Bonchev–Trinajstić information content (AvgIpc) is 2.51. The molecule has 0 spiro atoms. The van der Waals surface area contributed by atoms with Crippen molar-refractivity contribution in [3.8, 4) is 0 Å². The molecule has 1 rings (SSSR count). The van der Waals surface area contributed by atoms with E-state index in [1.807, 2.05) is 0 Å². The molecular weight excluding hydrogens is 328 g/mol. The Labute approximate surface area is 124 Å². The maximum atomic E-state index is 12.8. The van der Waals surface area contributed by atoms with Crippen LogP contribution in [-0.4, -0.2) is 40.4 Å². The van der Waals surface area contributed by atoms with Gasteiger partial charge >= 0.3 is 6.43 Å². The van der Waals surface area contributed by atoms with Gasteiger partial charge in [-0.15, -0.1) is 0 Å². The fourth-order valence-electron chi connectivity index (χ4n) is 1.63. The normalized spacial score (nSPS) is 16.8. The second kappa shape index (κ2) is 7.54. The van der Waals surface area contributed by atoms with Gasteiger partial charge in [0.15, 0.2) is 6.01 Å². The molecule has 0 heterocycles. The summed E-state index contributed by atoms with van der Waals surface area (Å²) in [5, 5.41) is 11.5. The molecule has 1 amide bonds. The zero-order valence-electron chi connectivity index (χ0n) is 11.1. The third kappa shape index (κ3) is 4.41. The number of alkyl halides is 4. The lowest BCUT2D eigenvalue weighted by molar-refractivity contribution is -0.133. The maximum Gasteiger partial charge on any atom is 0.315 e. The highest BCUT2D eigenvalue weighted by atomic mass is 32.2. The van der Waals surface area contributed by atoms with Gasteiger partial charge in [0.05, 0.1) is 6.04 Å². The van der Waals surface area contributed by atoms with Gasteiger partial charge in [-0.3, -0.25) is 4.79 Å². The van der Waals surface area contributed by atoms with Crippen LogP contribution in [0.25, 0.3) is 0 Å². The summed E-state index contributed by atoms with van der Waals surface area (Å²) >= 11 is 0. The van der Waals surface area contributed by atoms with Gasteiger partial charge in [0.2, 0.25) is 0 Å². The highest BCUT2D eigenvalue weighted by Gasteiger charge is 2.26. The van der Waals surface area contributed by atoms with Crippen molar-refractivity contribution in [1.29, 1.82) is 4.78 Å². The monoisotopic (exact) mass is 342 g/mol. The van der Waals surface area contributed by atoms with E-state index in [2.05, 4.69) is 0 Å². The number of halogens is 4. The van der Waals surface area contributed by atoms with E-state index in [4.69, 9.17) is 4.78 Å². The van der Waals surface area contributed by atoms with Crippen molar-refractivity contribution in [1.82, 2.24) is 5.32 Å². The number of hydrogen-bond donors (Lipinski definition) is 3. The molecule has 0 aromatic heterocycles. The summed E-state index contributed by atoms with van der Waals surface area (Å²) in [6, 6.07) is 1.55. The average molecular weight is 342 g/mol. The van der Waals surface area contributed by atoms with Crippen LogP contribution in [0.2, 0.25) is 0 Å². The number of carbonyl (C=O) groups excluding carboxylic acids is 1. The summed E-state index contributed by atoms with van der Waals surface area (Å²) < 4.78 is 68.2. The predicted octanol–water partition coefficient (Wildman–Crippen LogP) is 1.77. The highest BCUT2D eigenvalue weighted by molar-refractivity contribution is 7.92. The van der Waals surface area contributed by atoms with Gasteiger partial charge in [-0.1, -0.05) is 12.1 Å². The molecule has 1 aromatic rings. The van der Waals surface area contributed by atoms with Crippen LogP contribution in [0.3, 0.4) is 0 Å². The lowest BCUT2D eigenvalue weighted by Gasteiger charge is -2.22. The van der Waals surface area contributed by atoms with Crippen LogP contribution in [0, 0.1) is 4.78 Å². The molecule has 10 heteroatoms. The number of carbonyl (C=O) groups is 1. The van der Waals surface area contributed by atoms with E-state index in [1.54, 1.807) is 5.32 Å². The Hall–Kier alpha value is -1.68. The quantitative estimate of drug-likeness (QED) is 0.660. The lowest BCUT2D eigenvalue weighted by Crippen LogP contribution is -2.43. The third-order valence-corrected chi connectivity index (χ3v) is 4.17. The molecule has 1 aromatic carbocycles. The second-order valence-electron chi connectivity index (χ2n) is 4.37. The van der Waals surface area contributed by atoms with E-state index in [-0.39, 0.29) is 10.5 Å². The van der Waals surface area contributed by atoms with E-state index >= 15 is 0 Å². The molecule has 0 aliphatic carbocycles. The van der Waals surface area contributed by atoms with Crippen LogP contribution in [0.5, 0.6) is 0 Å². The first kappa shape index (κ1) is 18.4. The summed E-state index contributed by atoms with van der Waals surface area (Å²) in [5.74, 6) is -1.72. The van der Waals surface area contributed by atoms with Crippen LogP contribution in [0.15, 0.2) is 29.2 Å². The third-order valence-electron chi connectivity index (χ3n) is 2.83. The predicted molar refractivity (Wildman–Crippen MR) is 70.4 cm³/mol. The van der Waals surface area contributed by atoms with Crippen LogP contribution in [-0.2, 0) is 14.5 Å². The van der Waals surface area contributed by atoms with Gasteiger partial charge in [-0.2, -0.15) is 8.78 Å². The Kier molecular flexibility index (Phi) is 6.30. The zero-order valence-corrected chi connectivity index (χ0v) is 12.0. The number of rotatable bonds is 7. The minimum absolute atomic E-state index is 0.0371. The smallest absolute Gasteiger partial charge is 0.315 e. The first-order chi connectivity index (χ1) is 10.2. The largest absolute Gasteiger partial charge is 0.386 e. The summed E-state index contributed by atoms with van der Waals surface area (Å²) in [5.41, 5.74) is 0.0371. The minimum atomic E-state index is -3.59. The van der Waals surface area contributed by atoms with Crippen LogP contribution >= 0.6 is 0 Å². The molecule has 5 nitrogen and oxygen atoms in total. The van der Waals surface area contributed by atoms with Gasteiger partial charge in [0.25, 0.3) is 5.91 Å². The zero-order chi connectivity index (χ0) is 16.9. The molecule has 22 heavy (non-hydrogen) atoms. The first-order valence-electron chi connectivity index (χ1n) is 5.98. The molecule has 0 aliphatic rings. The maximum absolute atomic E-state index is 12.8. The first-order valence-corrected chi connectivity index (χ1v) is 7.70. The number of aliphatic hydroxyl groups excluding tert-OH is 1. The van der Waals surface area contributed by atoms with Crippen molar-refractivity contribution in [2.75, 3.05) is 12.7 Å². The van der Waals surface area contributed by atoms with Gasteiger partial charge in [0, 0.05) is 4.90 Å². The summed E-state index contributed by atoms with van der Waals surface area (Å²) in [6.45, 7) is -1.29. The molecule has 0 aliphatic heterocycles. The van der Waals surface area contributed by atoms with Crippen molar-refractivity contribution in [2.24, 2.45) is 0 Å². The molecule has 0 saturated heterocycles. The standard InChI is InChI=1S/C12H14F4N2O3S/c13-5-9(18-12(20)11(15)16)10(19)7-1-3-8(4-2-7)22(17,21)6-14/h1-4,9-11,17,19H,5-6H2,(H,18,20)/t9-,10?,22?/m1/s1. The fourth-order valence-corrected chi connectivity index (χ4v) is 2.33. The van der Waals surface area contributed by atoms with E-state index < -0.39 is 46.9 Å². The Bertz CT molecular complexity index is 607. The number of benzene rings is 1. The Balaban J connectivity index is 2.92. The van der Waals surface area contributed by atoms with Gasteiger partial charge < -0.3 is 10.4 Å². The van der Waals surface area contributed by atoms with Crippen LogP contribution in [0.4, 0.5) is 17.6 Å². The molecule has 124 valence electrons. The Morgan fingerprint density at radius 2 is 1.82 bits per heavy atom. The van der Waals surface area contributed by atoms with Crippen molar-refractivity contribution in [3.05, 3.63) is 29.8 Å². The van der Waals surface area contributed by atoms with Gasteiger partial charge in [-0.05, 0) is 17.7 Å². The second-order valence-corrected chi connectivity index (χ2v) is 6.41. The number of aliphatic hydroxyl groups is 1. The minimum Gasteiger partial charge on any atom is -0.386 e. The van der Waals surface area contributed by atoms with Gasteiger partial charge in [0.1, 0.15) is 22.5 Å². The molecule has 0 bridgehead atoms. The van der Waals surface area contributed by atoms with Crippen LogP contribution in [0.1, 0.15) is 11.7 Å². The van der Waals surface area contributed by atoms with E-state index in [1.165, 1.54) is 0 Å². The molecule has 0 radical (unpaired) electrons. The number of nitrogens with one attached hydrogen (secondary N) is 2. The van der Waals surface area contributed by atoms with E-state index in [0.29, 0.717) is 0 Å². The Morgan fingerprint density at radius 1 is 1.27 bits per heavy atom.